The number of anilines is 1. The number of nitrogen functional groups attached to an aromatic ring is 1. The smallest absolute Gasteiger partial charge is 0.170 e. The summed E-state index contributed by atoms with van der Waals surface area (Å²) in [6, 6.07) is 16.5. The largest absolute Gasteiger partial charge is 0.453 e. The van der Waals surface area contributed by atoms with Gasteiger partial charge in [0.05, 0.1) is 5.02 Å². The molecule has 3 rings (SSSR count). The van der Waals surface area contributed by atoms with Gasteiger partial charge in [-0.05, 0) is 30.7 Å². The zero-order valence-electron chi connectivity index (χ0n) is 13.7. The normalized spacial score (nSPS) is 10.5. The lowest BCUT2D eigenvalue weighted by molar-refractivity contribution is 0.0993. The Labute approximate surface area is 151 Å². The van der Waals surface area contributed by atoms with E-state index in [1.165, 1.54) is 6.20 Å². The highest BCUT2D eigenvalue weighted by atomic mass is 35.5. The molecule has 2 aromatic carbocycles. The summed E-state index contributed by atoms with van der Waals surface area (Å²) in [6.07, 6.45) is 1.75. The molecule has 1 aromatic heterocycles. The van der Waals surface area contributed by atoms with Crippen molar-refractivity contribution in [1.82, 2.24) is 4.98 Å². The number of Topliss-reactive ketones (excluding diaryl/α,β-unsaturated/α-hetero) is 1. The van der Waals surface area contributed by atoms with E-state index in [9.17, 15) is 4.79 Å². The number of ketones is 1. The summed E-state index contributed by atoms with van der Waals surface area (Å²) in [7, 11) is 0. The number of aryl methyl sites for hydroxylation is 1. The highest BCUT2D eigenvalue weighted by Crippen LogP contribution is 2.29. The molecule has 4 nitrogen and oxygen atoms in total. The molecule has 0 saturated heterocycles. The Morgan fingerprint density at radius 3 is 2.76 bits per heavy atom. The molecule has 5 heteroatoms. The molecular weight excluding hydrogens is 336 g/mol. The Morgan fingerprint density at radius 1 is 1.16 bits per heavy atom. The van der Waals surface area contributed by atoms with Crippen LogP contribution in [0.4, 0.5) is 5.82 Å². The zero-order valence-corrected chi connectivity index (χ0v) is 14.5. The molecule has 0 atom stereocenters. The van der Waals surface area contributed by atoms with E-state index in [1.54, 1.807) is 12.1 Å². The second-order valence-corrected chi connectivity index (χ2v) is 6.19. The minimum atomic E-state index is 0.0600. The molecule has 1 heterocycles. The van der Waals surface area contributed by atoms with Gasteiger partial charge in [-0.25, -0.2) is 4.98 Å². The first kappa shape index (κ1) is 17.0. The number of ether oxygens (including phenoxy) is 1. The fourth-order valence-corrected chi connectivity index (χ4v) is 2.61. The molecule has 0 aliphatic carbocycles. The number of hydrogen-bond donors (Lipinski definition) is 1. The Kier molecular flexibility index (Phi) is 5.00. The minimum absolute atomic E-state index is 0.0600. The predicted octanol–water partition coefficient (Wildman–Crippen LogP) is 4.84. The summed E-state index contributed by atoms with van der Waals surface area (Å²) in [5.41, 5.74) is 8.42. The van der Waals surface area contributed by atoms with Crippen LogP contribution in [0, 0.1) is 6.92 Å². The molecule has 0 fully saturated rings. The van der Waals surface area contributed by atoms with Crippen LogP contribution >= 0.6 is 11.6 Å². The van der Waals surface area contributed by atoms with Crippen molar-refractivity contribution in [3.63, 3.8) is 0 Å². The fraction of sp³-hybridized carbons (Fsp3) is 0.100. The van der Waals surface area contributed by atoms with Crippen molar-refractivity contribution in [3.8, 4) is 11.5 Å². The number of nitrogens with zero attached hydrogens (tertiary/aromatic N) is 1. The van der Waals surface area contributed by atoms with Crippen LogP contribution < -0.4 is 10.5 Å². The van der Waals surface area contributed by atoms with Crippen LogP contribution in [0.25, 0.3) is 0 Å². The van der Waals surface area contributed by atoms with Gasteiger partial charge in [-0.3, -0.25) is 4.79 Å². The fourth-order valence-electron chi connectivity index (χ4n) is 2.46. The standard InChI is InChI=1S/C20H17ClN2O2/c1-13-4-2-6-15(8-13)18(24)10-14-5-3-7-17(9-14)25-19-11-16(21)12-23-20(19)22/h2-9,11-12H,10H2,1H3,(H2,22,23). The van der Waals surface area contributed by atoms with E-state index >= 15 is 0 Å². The van der Waals surface area contributed by atoms with Crippen LogP contribution in [0.15, 0.2) is 60.8 Å². The number of carbonyl (C=O) groups is 1. The van der Waals surface area contributed by atoms with Gasteiger partial charge in [0, 0.05) is 24.2 Å². The van der Waals surface area contributed by atoms with E-state index in [4.69, 9.17) is 22.1 Å². The van der Waals surface area contributed by atoms with Gasteiger partial charge in [-0.1, -0.05) is 47.5 Å². The SMILES string of the molecule is Cc1cccc(C(=O)Cc2cccc(Oc3cc(Cl)cnc3N)c2)c1. The maximum Gasteiger partial charge on any atom is 0.170 e. The molecule has 0 spiro atoms. The topological polar surface area (TPSA) is 65.2 Å². The number of benzene rings is 2. The maximum absolute atomic E-state index is 12.4. The van der Waals surface area contributed by atoms with E-state index < -0.39 is 0 Å². The Hall–Kier alpha value is -2.85. The molecule has 0 aliphatic rings. The Bertz CT molecular complexity index is 925. The molecule has 0 bridgehead atoms. The molecule has 0 amide bonds. The lowest BCUT2D eigenvalue weighted by Gasteiger charge is -2.09. The first-order valence-electron chi connectivity index (χ1n) is 7.79. The summed E-state index contributed by atoms with van der Waals surface area (Å²) >= 11 is 5.92. The quantitative estimate of drug-likeness (QED) is 0.667. The molecule has 2 N–H and O–H groups in total. The van der Waals surface area contributed by atoms with Gasteiger partial charge in [0.15, 0.2) is 17.4 Å². The summed E-state index contributed by atoms with van der Waals surface area (Å²) in [4.78, 5) is 16.4. The third-order valence-electron chi connectivity index (χ3n) is 3.68. The molecule has 25 heavy (non-hydrogen) atoms. The number of carbonyl (C=O) groups excluding carboxylic acids is 1. The molecular formula is C20H17ClN2O2. The second-order valence-electron chi connectivity index (χ2n) is 5.76. The number of nitrogens with two attached hydrogens (primary N) is 1. The first-order chi connectivity index (χ1) is 12.0. The zero-order chi connectivity index (χ0) is 17.8. The van der Waals surface area contributed by atoms with Gasteiger partial charge >= 0.3 is 0 Å². The average Bonchev–Trinajstić information content (AvgIpc) is 2.58. The highest BCUT2D eigenvalue weighted by Gasteiger charge is 2.09. The predicted molar refractivity (Wildman–Crippen MR) is 99.4 cm³/mol. The Balaban J connectivity index is 1.77. The molecule has 0 aliphatic heterocycles. The highest BCUT2D eigenvalue weighted by molar-refractivity contribution is 6.30. The number of hydrogen-bond acceptors (Lipinski definition) is 4. The van der Waals surface area contributed by atoms with Gasteiger partial charge in [0.2, 0.25) is 0 Å². The van der Waals surface area contributed by atoms with Crippen molar-refractivity contribution in [2.45, 2.75) is 13.3 Å². The van der Waals surface area contributed by atoms with E-state index in [2.05, 4.69) is 4.98 Å². The van der Waals surface area contributed by atoms with Crippen molar-refractivity contribution in [2.75, 3.05) is 5.73 Å². The van der Waals surface area contributed by atoms with E-state index in [1.807, 2.05) is 49.4 Å². The second kappa shape index (κ2) is 7.36. The number of rotatable bonds is 5. The maximum atomic E-state index is 12.4. The summed E-state index contributed by atoms with van der Waals surface area (Å²) in [5, 5.41) is 0.440. The molecule has 3 aromatic rings. The summed E-state index contributed by atoms with van der Waals surface area (Å²) < 4.78 is 5.75. The van der Waals surface area contributed by atoms with E-state index in [0.29, 0.717) is 28.5 Å². The lowest BCUT2D eigenvalue weighted by atomic mass is 10.0. The average molecular weight is 353 g/mol. The third-order valence-corrected chi connectivity index (χ3v) is 3.89. The minimum Gasteiger partial charge on any atom is -0.453 e. The van der Waals surface area contributed by atoms with Crippen molar-refractivity contribution in [2.24, 2.45) is 0 Å². The first-order valence-corrected chi connectivity index (χ1v) is 8.17. The van der Waals surface area contributed by atoms with Crippen LogP contribution in [-0.4, -0.2) is 10.8 Å². The molecule has 0 saturated carbocycles. The number of aromatic nitrogens is 1. The molecule has 0 unspecified atom stereocenters. The van der Waals surface area contributed by atoms with Crippen molar-refractivity contribution in [3.05, 3.63) is 82.5 Å². The van der Waals surface area contributed by atoms with Crippen molar-refractivity contribution >= 4 is 23.2 Å². The molecule has 0 radical (unpaired) electrons. The van der Waals surface area contributed by atoms with Crippen molar-refractivity contribution in [1.29, 1.82) is 0 Å². The van der Waals surface area contributed by atoms with Crippen LogP contribution in [0.1, 0.15) is 21.5 Å². The van der Waals surface area contributed by atoms with Crippen LogP contribution in [0.3, 0.4) is 0 Å². The van der Waals surface area contributed by atoms with E-state index in [-0.39, 0.29) is 11.6 Å². The summed E-state index contributed by atoms with van der Waals surface area (Å²) in [6.45, 7) is 1.97. The summed E-state index contributed by atoms with van der Waals surface area (Å²) in [5.74, 6) is 1.27. The van der Waals surface area contributed by atoms with Gasteiger partial charge in [0.25, 0.3) is 0 Å². The van der Waals surface area contributed by atoms with Gasteiger partial charge in [0.1, 0.15) is 5.75 Å². The third kappa shape index (κ3) is 4.37. The van der Waals surface area contributed by atoms with Gasteiger partial charge in [-0.2, -0.15) is 0 Å². The van der Waals surface area contributed by atoms with Gasteiger partial charge in [-0.15, -0.1) is 0 Å². The number of pyridine rings is 1. The van der Waals surface area contributed by atoms with Crippen LogP contribution in [0.5, 0.6) is 11.5 Å². The van der Waals surface area contributed by atoms with Crippen LogP contribution in [-0.2, 0) is 6.42 Å². The van der Waals surface area contributed by atoms with Crippen molar-refractivity contribution < 1.29 is 9.53 Å². The van der Waals surface area contributed by atoms with E-state index in [0.717, 1.165) is 11.1 Å². The lowest BCUT2D eigenvalue weighted by Crippen LogP contribution is -2.04. The van der Waals surface area contributed by atoms with Crippen LogP contribution in [0.2, 0.25) is 5.02 Å². The van der Waals surface area contributed by atoms with Gasteiger partial charge < -0.3 is 10.5 Å². The molecule has 126 valence electrons. The monoisotopic (exact) mass is 352 g/mol. The Morgan fingerprint density at radius 2 is 1.96 bits per heavy atom. The number of halogens is 1.